The zero-order chi connectivity index (χ0) is 40.6. The lowest BCUT2D eigenvalue weighted by molar-refractivity contribution is 0.0696. The molecule has 0 atom stereocenters. The number of amides is 2. The van der Waals surface area contributed by atoms with Crippen molar-refractivity contribution in [2.45, 2.75) is 32.5 Å². The van der Waals surface area contributed by atoms with Crippen LogP contribution in [0.4, 0.5) is 19.3 Å². The number of thiophene rings is 1. The molecule has 58 heavy (non-hydrogen) atoms. The molecular weight excluding hydrogens is 761 g/mol. The maximum absolute atomic E-state index is 13.0. The number of nitrogens with zero attached hydrogens (tertiary/aromatic N) is 5. The van der Waals surface area contributed by atoms with Crippen LogP contribution >= 0.6 is 11.3 Å². The summed E-state index contributed by atoms with van der Waals surface area (Å²) < 4.78 is 32.9. The second-order valence-electron chi connectivity index (χ2n) is 13.2. The Hall–Kier alpha value is -7.35. The van der Waals surface area contributed by atoms with Crippen molar-refractivity contribution >= 4 is 40.3 Å². The number of rotatable bonds is 7. The van der Waals surface area contributed by atoms with Gasteiger partial charge < -0.3 is 14.4 Å². The van der Waals surface area contributed by atoms with Crippen molar-refractivity contribution in [2.24, 2.45) is 0 Å². The number of fused-ring (bicyclic) bond motifs is 2. The molecule has 0 bridgehead atoms. The first-order valence-electron chi connectivity index (χ1n) is 17.9. The molecule has 1 N–H and O–H groups in total. The third kappa shape index (κ3) is 9.53. The van der Waals surface area contributed by atoms with Gasteiger partial charge in [0.05, 0.1) is 29.2 Å². The maximum Gasteiger partial charge on any atom is 0.335 e. The number of anilines is 1. The second-order valence-corrected chi connectivity index (χ2v) is 14.3. The van der Waals surface area contributed by atoms with E-state index in [2.05, 4.69) is 33.6 Å². The number of urea groups is 1. The minimum absolute atomic E-state index is 0.0589. The highest BCUT2D eigenvalue weighted by Crippen LogP contribution is 2.35. The fourth-order valence-electron chi connectivity index (χ4n) is 5.98. The summed E-state index contributed by atoms with van der Waals surface area (Å²) >= 11 is 1.55. The van der Waals surface area contributed by atoms with E-state index in [1.807, 2.05) is 36.4 Å². The number of benzene rings is 4. The summed E-state index contributed by atoms with van der Waals surface area (Å²) in [5.41, 5.74) is 4.68. The minimum atomic E-state index is -0.975. The van der Waals surface area contributed by atoms with Gasteiger partial charge in [0.2, 0.25) is 11.2 Å². The van der Waals surface area contributed by atoms with Gasteiger partial charge in [-0.1, -0.05) is 84.5 Å². The Kier molecular flexibility index (Phi) is 11.8. The van der Waals surface area contributed by atoms with Crippen LogP contribution in [0.25, 0.3) is 11.2 Å². The van der Waals surface area contributed by atoms with Gasteiger partial charge in [0.1, 0.15) is 18.0 Å². The number of carbonyl (C=O) groups excluding carboxylic acids is 1. The number of oxazole rings is 1. The van der Waals surface area contributed by atoms with Crippen LogP contribution in [-0.4, -0.2) is 43.6 Å². The monoisotopic (exact) mass is 793 g/mol. The molecule has 0 saturated carbocycles. The quantitative estimate of drug-likeness (QED) is 0.163. The lowest BCUT2D eigenvalue weighted by atomic mass is 10.1. The number of aromatic carboxylic acids is 1. The lowest BCUT2D eigenvalue weighted by Gasteiger charge is -2.33. The van der Waals surface area contributed by atoms with Crippen molar-refractivity contribution in [3.8, 4) is 23.7 Å². The molecule has 0 aliphatic carbocycles. The average molecular weight is 794 g/mol. The summed E-state index contributed by atoms with van der Waals surface area (Å²) in [6, 6.07) is 30.4. The van der Waals surface area contributed by atoms with E-state index < -0.39 is 5.97 Å². The molecule has 288 valence electrons. The molecule has 1 aliphatic rings. The van der Waals surface area contributed by atoms with Gasteiger partial charge in [0.15, 0.2) is 0 Å². The fraction of sp³-hybridized carbons (Fsp3) is 0.133. The number of hydrogen-bond acceptors (Lipinski definition) is 7. The predicted octanol–water partition coefficient (Wildman–Crippen LogP) is 7.92. The largest absolute Gasteiger partial charge is 0.478 e. The summed E-state index contributed by atoms with van der Waals surface area (Å²) in [7, 11) is 1.74. The summed E-state index contributed by atoms with van der Waals surface area (Å²) in [6.45, 7) is 1.13. The molecule has 8 rings (SSSR count). The lowest BCUT2D eigenvalue weighted by Crippen LogP contribution is -2.44. The molecule has 3 aromatic heterocycles. The number of halogens is 2. The normalized spacial score (nSPS) is 11.8. The molecule has 0 radical (unpaired) electrons. The summed E-state index contributed by atoms with van der Waals surface area (Å²) in [4.78, 5) is 50.0. The van der Waals surface area contributed by atoms with Crippen molar-refractivity contribution in [3.63, 3.8) is 0 Å². The zero-order valence-electron chi connectivity index (χ0n) is 31.0. The summed E-state index contributed by atoms with van der Waals surface area (Å²) in [5.74, 6) is 10.7. The highest BCUT2D eigenvalue weighted by atomic mass is 32.1. The van der Waals surface area contributed by atoms with Crippen LogP contribution in [0, 0.1) is 35.3 Å². The highest BCUT2D eigenvalue weighted by molar-refractivity contribution is 7.13. The molecule has 10 nitrogen and oxygen atoms in total. The Morgan fingerprint density at radius 3 is 2.09 bits per heavy atom. The van der Waals surface area contributed by atoms with Crippen molar-refractivity contribution in [1.82, 2.24) is 19.4 Å². The molecule has 0 unspecified atom stereocenters. The first-order valence-corrected chi connectivity index (χ1v) is 18.8. The summed E-state index contributed by atoms with van der Waals surface area (Å²) in [6.07, 6.45) is 2.48. The number of carboxylic acids is 1. The van der Waals surface area contributed by atoms with E-state index in [1.165, 1.54) is 35.2 Å². The third-order valence-electron chi connectivity index (χ3n) is 9.01. The molecule has 0 fully saturated rings. The van der Waals surface area contributed by atoms with E-state index in [4.69, 9.17) is 9.52 Å². The molecular formula is C45H33F2N5O5S. The van der Waals surface area contributed by atoms with Crippen LogP contribution < -0.4 is 10.5 Å². The van der Waals surface area contributed by atoms with Gasteiger partial charge in [-0.05, 0) is 70.6 Å². The first-order chi connectivity index (χ1) is 28.1. The topological polar surface area (TPSA) is 122 Å². The van der Waals surface area contributed by atoms with Crippen LogP contribution in [0.2, 0.25) is 0 Å². The highest BCUT2D eigenvalue weighted by Gasteiger charge is 2.29. The van der Waals surface area contributed by atoms with E-state index in [1.54, 1.807) is 76.7 Å². The Morgan fingerprint density at radius 1 is 0.810 bits per heavy atom. The van der Waals surface area contributed by atoms with Gasteiger partial charge in [-0.2, -0.15) is 4.98 Å². The van der Waals surface area contributed by atoms with Gasteiger partial charge in [0, 0.05) is 31.3 Å². The molecule has 0 spiro atoms. The van der Waals surface area contributed by atoms with Crippen molar-refractivity contribution < 1.29 is 27.9 Å². The van der Waals surface area contributed by atoms with Gasteiger partial charge >= 0.3 is 12.0 Å². The molecule has 1 aliphatic heterocycles. The average Bonchev–Trinajstić information content (AvgIpc) is 3.85. The van der Waals surface area contributed by atoms with E-state index >= 15 is 0 Å². The van der Waals surface area contributed by atoms with Crippen LogP contribution in [0.3, 0.4) is 0 Å². The van der Waals surface area contributed by atoms with Crippen LogP contribution in [0.15, 0.2) is 125 Å². The third-order valence-corrected chi connectivity index (χ3v) is 10.0. The maximum atomic E-state index is 13.0. The fourth-order valence-corrected chi connectivity index (χ4v) is 7.06. The van der Waals surface area contributed by atoms with E-state index in [0.29, 0.717) is 25.9 Å². The molecule has 2 amide bonds. The van der Waals surface area contributed by atoms with Crippen LogP contribution in [-0.2, 0) is 32.5 Å². The Bertz CT molecular complexity index is 2780. The van der Waals surface area contributed by atoms with Crippen LogP contribution in [0.5, 0.6) is 0 Å². The molecule has 0 saturated heterocycles. The van der Waals surface area contributed by atoms with Gasteiger partial charge in [-0.3, -0.25) is 14.3 Å². The standard InChI is InChI=1S/C24H19FN2O3S.C21H14FN3O2/c1-26-21-13-20(4-2-3-16-7-11-19(25)12-8-16)31-22(21)15-27(24(26)30)14-17-5-9-18(10-6-17)23(28)29;22-17-11-9-16(10-12-17)13-25-14-23-20-19(21(25)26)27-18(24-20)8-4-7-15-5-2-1-3-6-15/h5-13H,3,14-15H2,1H3,(H,28,29);1-3,5-6,9-12,14H,7,13H2. The number of carbonyl (C=O) groups is 2. The molecule has 13 heteroatoms. The smallest absolute Gasteiger partial charge is 0.335 e. The Morgan fingerprint density at radius 2 is 1.41 bits per heavy atom. The van der Waals surface area contributed by atoms with Crippen molar-refractivity contribution in [2.75, 3.05) is 11.9 Å². The number of aromatic nitrogens is 3. The van der Waals surface area contributed by atoms with E-state index in [0.717, 1.165) is 37.7 Å². The molecule has 4 aromatic carbocycles. The van der Waals surface area contributed by atoms with Gasteiger partial charge in [-0.25, -0.2) is 23.4 Å². The summed E-state index contributed by atoms with van der Waals surface area (Å²) in [5, 5.41) is 9.03. The SMILES string of the molecule is CN1C(=O)N(Cc2ccc(C(=O)O)cc2)Cc2sc(C#CCc3ccc(F)cc3)cc21.O=c1c2oc(C#CCc3ccccc3)nc2ncn1Cc1ccc(F)cc1. The number of carboxylic acid groups (broad SMARTS) is 1. The van der Waals surface area contributed by atoms with E-state index in [-0.39, 0.29) is 52.5 Å². The van der Waals surface area contributed by atoms with E-state index in [9.17, 15) is 23.2 Å². The molecule has 4 heterocycles. The molecule has 7 aromatic rings. The first kappa shape index (κ1) is 38.9. The Balaban J connectivity index is 0.000000178. The van der Waals surface area contributed by atoms with Crippen molar-refractivity contribution in [1.29, 1.82) is 0 Å². The predicted molar refractivity (Wildman–Crippen MR) is 216 cm³/mol. The number of hydrogen-bond donors (Lipinski definition) is 1. The zero-order valence-corrected chi connectivity index (χ0v) is 31.8. The van der Waals surface area contributed by atoms with Crippen molar-refractivity contribution in [3.05, 3.63) is 181 Å². The van der Waals surface area contributed by atoms with Gasteiger partial charge in [-0.15, -0.1) is 11.3 Å². The van der Waals surface area contributed by atoms with Crippen LogP contribution in [0.1, 0.15) is 48.3 Å². The Labute approximate surface area is 335 Å². The minimum Gasteiger partial charge on any atom is -0.478 e. The van der Waals surface area contributed by atoms with Gasteiger partial charge in [0.25, 0.3) is 11.4 Å². The second kappa shape index (κ2) is 17.6.